The molecule has 0 fully saturated rings. The number of aromatic amines is 1. The summed E-state index contributed by atoms with van der Waals surface area (Å²) < 4.78 is 7.45. The second kappa shape index (κ2) is 8.22. The summed E-state index contributed by atoms with van der Waals surface area (Å²) >= 11 is 0. The minimum absolute atomic E-state index is 0.0759. The van der Waals surface area contributed by atoms with Crippen LogP contribution in [0.3, 0.4) is 0 Å². The van der Waals surface area contributed by atoms with Gasteiger partial charge < -0.3 is 4.74 Å². The highest BCUT2D eigenvalue weighted by Gasteiger charge is 2.18. The van der Waals surface area contributed by atoms with Crippen molar-refractivity contribution in [2.24, 2.45) is 0 Å². The van der Waals surface area contributed by atoms with E-state index < -0.39 is 0 Å². The largest absolute Gasteiger partial charge is 0.439 e. The molecular weight excluding hydrogens is 392 g/mol. The first-order valence-electron chi connectivity index (χ1n) is 10.3. The zero-order valence-electron chi connectivity index (χ0n) is 18.1. The summed E-state index contributed by atoms with van der Waals surface area (Å²) in [6.07, 6.45) is 5.13. The van der Waals surface area contributed by atoms with Crippen LogP contribution in [0.4, 0.5) is 10.6 Å². The molecule has 0 spiro atoms. The number of benzene rings is 1. The standard InChI is InChI=1S/C23H26N6O2/c1-5-6-16-12-21(25-14-24-16)31-17-7-8-18-15(11-17)9-10-29(18)22(30)26-20-13-19(27-28-20)23(2,3)4/h7-14H,5-6H2,1-4H3,(H2,26,27,28,30). The Hall–Kier alpha value is -3.68. The number of rotatable bonds is 5. The van der Waals surface area contributed by atoms with Crippen molar-refractivity contribution in [3.05, 3.63) is 60.3 Å². The summed E-state index contributed by atoms with van der Waals surface area (Å²) in [4.78, 5) is 21.2. The Morgan fingerprint density at radius 1 is 1.16 bits per heavy atom. The Labute approximate surface area is 180 Å². The summed E-state index contributed by atoms with van der Waals surface area (Å²) in [7, 11) is 0. The number of amides is 1. The third-order valence-corrected chi connectivity index (χ3v) is 4.93. The molecule has 4 aromatic rings. The van der Waals surface area contributed by atoms with E-state index in [4.69, 9.17) is 4.74 Å². The van der Waals surface area contributed by atoms with E-state index in [1.165, 1.54) is 6.33 Å². The predicted molar refractivity (Wildman–Crippen MR) is 120 cm³/mol. The minimum atomic E-state index is -0.282. The number of carbonyl (C=O) groups is 1. The van der Waals surface area contributed by atoms with Crippen molar-refractivity contribution in [2.75, 3.05) is 5.32 Å². The minimum Gasteiger partial charge on any atom is -0.439 e. The van der Waals surface area contributed by atoms with Crippen LogP contribution in [-0.4, -0.2) is 30.8 Å². The number of nitrogens with one attached hydrogen (secondary N) is 2. The fourth-order valence-corrected chi connectivity index (χ4v) is 3.25. The number of nitrogens with zero attached hydrogens (tertiary/aromatic N) is 4. The number of aryl methyl sites for hydroxylation is 1. The Balaban J connectivity index is 1.51. The molecular formula is C23H26N6O2. The maximum atomic E-state index is 12.8. The van der Waals surface area contributed by atoms with Crippen LogP contribution in [0.5, 0.6) is 11.6 Å². The molecule has 8 heteroatoms. The average Bonchev–Trinajstić information content (AvgIpc) is 3.35. The molecule has 0 unspecified atom stereocenters. The molecule has 3 heterocycles. The third-order valence-electron chi connectivity index (χ3n) is 4.93. The van der Waals surface area contributed by atoms with Gasteiger partial charge in [-0.2, -0.15) is 5.10 Å². The lowest BCUT2D eigenvalue weighted by Crippen LogP contribution is -2.18. The number of anilines is 1. The van der Waals surface area contributed by atoms with E-state index in [1.54, 1.807) is 10.8 Å². The molecule has 0 saturated carbocycles. The maximum Gasteiger partial charge on any atom is 0.331 e. The second-order valence-electron chi connectivity index (χ2n) is 8.45. The normalized spacial score (nSPS) is 11.6. The van der Waals surface area contributed by atoms with E-state index in [1.807, 2.05) is 36.4 Å². The first-order valence-corrected chi connectivity index (χ1v) is 10.3. The molecule has 1 amide bonds. The van der Waals surface area contributed by atoms with Gasteiger partial charge in [-0.3, -0.25) is 15.0 Å². The van der Waals surface area contributed by atoms with Crippen LogP contribution < -0.4 is 10.1 Å². The van der Waals surface area contributed by atoms with Gasteiger partial charge in [0.25, 0.3) is 0 Å². The maximum absolute atomic E-state index is 12.8. The molecule has 160 valence electrons. The monoisotopic (exact) mass is 418 g/mol. The lowest BCUT2D eigenvalue weighted by molar-refractivity contribution is 0.254. The lowest BCUT2D eigenvalue weighted by atomic mass is 9.92. The van der Waals surface area contributed by atoms with Gasteiger partial charge in [0.1, 0.15) is 12.1 Å². The van der Waals surface area contributed by atoms with Crippen molar-refractivity contribution < 1.29 is 9.53 Å². The van der Waals surface area contributed by atoms with Crippen LogP contribution in [0.1, 0.15) is 45.5 Å². The van der Waals surface area contributed by atoms with Gasteiger partial charge in [0, 0.05) is 40.5 Å². The van der Waals surface area contributed by atoms with Crippen molar-refractivity contribution >= 4 is 22.8 Å². The molecule has 3 aromatic heterocycles. The third kappa shape index (κ3) is 4.58. The first kappa shape index (κ1) is 20.6. The smallest absolute Gasteiger partial charge is 0.331 e. The van der Waals surface area contributed by atoms with Crippen LogP contribution in [-0.2, 0) is 11.8 Å². The molecule has 2 N–H and O–H groups in total. The fourth-order valence-electron chi connectivity index (χ4n) is 3.25. The van der Waals surface area contributed by atoms with Crippen LogP contribution >= 0.6 is 0 Å². The van der Waals surface area contributed by atoms with Gasteiger partial charge in [-0.25, -0.2) is 14.8 Å². The summed E-state index contributed by atoms with van der Waals surface area (Å²) in [5.41, 5.74) is 2.59. The zero-order chi connectivity index (χ0) is 22.0. The molecule has 4 rings (SSSR count). The Bertz CT molecular complexity index is 1220. The first-order chi connectivity index (χ1) is 14.8. The molecule has 0 atom stereocenters. The number of H-pyrrole nitrogens is 1. The van der Waals surface area contributed by atoms with Gasteiger partial charge in [-0.15, -0.1) is 0 Å². The van der Waals surface area contributed by atoms with Crippen molar-refractivity contribution in [3.8, 4) is 11.6 Å². The highest BCUT2D eigenvalue weighted by atomic mass is 16.5. The van der Waals surface area contributed by atoms with Crippen molar-refractivity contribution in [1.29, 1.82) is 0 Å². The van der Waals surface area contributed by atoms with E-state index in [9.17, 15) is 4.79 Å². The summed E-state index contributed by atoms with van der Waals surface area (Å²) in [5, 5.41) is 10.9. The number of hydrogen-bond acceptors (Lipinski definition) is 5. The van der Waals surface area contributed by atoms with Gasteiger partial charge in [0.15, 0.2) is 5.82 Å². The van der Waals surface area contributed by atoms with Crippen molar-refractivity contribution in [3.63, 3.8) is 0 Å². The van der Waals surface area contributed by atoms with E-state index >= 15 is 0 Å². The average molecular weight is 419 g/mol. The molecule has 0 aliphatic carbocycles. The summed E-state index contributed by atoms with van der Waals surface area (Å²) in [6, 6.07) is 10.8. The van der Waals surface area contributed by atoms with Crippen LogP contribution in [0.15, 0.2) is 48.9 Å². The Kier molecular flexibility index (Phi) is 5.46. The van der Waals surface area contributed by atoms with Crippen LogP contribution in [0.25, 0.3) is 10.9 Å². The topological polar surface area (TPSA) is 97.7 Å². The highest BCUT2D eigenvalue weighted by molar-refractivity contribution is 5.98. The van der Waals surface area contributed by atoms with E-state index in [0.717, 1.165) is 35.1 Å². The van der Waals surface area contributed by atoms with Gasteiger partial charge in [0.05, 0.1) is 5.52 Å². The summed E-state index contributed by atoms with van der Waals surface area (Å²) in [6.45, 7) is 8.35. The second-order valence-corrected chi connectivity index (χ2v) is 8.45. The molecule has 0 radical (unpaired) electrons. The van der Waals surface area contributed by atoms with E-state index in [0.29, 0.717) is 17.4 Å². The van der Waals surface area contributed by atoms with E-state index in [-0.39, 0.29) is 11.4 Å². The molecule has 1 aromatic carbocycles. The number of carbonyl (C=O) groups excluding carboxylic acids is 1. The lowest BCUT2D eigenvalue weighted by Gasteiger charge is -2.14. The predicted octanol–water partition coefficient (Wildman–Crippen LogP) is 5.28. The molecule has 0 aliphatic heterocycles. The molecule has 0 saturated heterocycles. The number of fused-ring (bicyclic) bond motifs is 1. The SMILES string of the molecule is CCCc1cc(Oc2ccc3c(ccn3C(=O)Nc3cc(C(C)(C)C)[nH]n3)c2)ncn1. The number of aromatic nitrogens is 5. The Morgan fingerprint density at radius 2 is 2.00 bits per heavy atom. The zero-order valence-corrected chi connectivity index (χ0v) is 18.1. The van der Waals surface area contributed by atoms with Gasteiger partial charge >= 0.3 is 6.03 Å². The molecule has 31 heavy (non-hydrogen) atoms. The van der Waals surface area contributed by atoms with Crippen LogP contribution in [0, 0.1) is 0 Å². The molecule has 0 bridgehead atoms. The van der Waals surface area contributed by atoms with Crippen molar-refractivity contribution in [1.82, 2.24) is 24.7 Å². The fraction of sp³-hybridized carbons (Fsp3) is 0.304. The van der Waals surface area contributed by atoms with Gasteiger partial charge in [-0.1, -0.05) is 34.1 Å². The molecule has 8 nitrogen and oxygen atoms in total. The van der Waals surface area contributed by atoms with E-state index in [2.05, 4.69) is 53.2 Å². The highest BCUT2D eigenvalue weighted by Crippen LogP contribution is 2.26. The Morgan fingerprint density at radius 3 is 2.74 bits per heavy atom. The van der Waals surface area contributed by atoms with Crippen LogP contribution in [0.2, 0.25) is 0 Å². The summed E-state index contributed by atoms with van der Waals surface area (Å²) in [5.74, 6) is 1.64. The number of hydrogen-bond donors (Lipinski definition) is 2. The van der Waals surface area contributed by atoms with Crippen molar-refractivity contribution in [2.45, 2.75) is 46.0 Å². The molecule has 0 aliphatic rings. The number of ether oxygens (including phenoxy) is 1. The van der Waals surface area contributed by atoms with Gasteiger partial charge in [0.2, 0.25) is 5.88 Å². The van der Waals surface area contributed by atoms with Gasteiger partial charge in [-0.05, 0) is 30.7 Å². The quantitative estimate of drug-likeness (QED) is 0.460.